The fourth-order valence-electron chi connectivity index (χ4n) is 5.69. The summed E-state index contributed by atoms with van der Waals surface area (Å²) < 4.78 is 22.0. The van der Waals surface area contributed by atoms with Crippen LogP contribution in [0.3, 0.4) is 0 Å². The lowest BCUT2D eigenvalue weighted by molar-refractivity contribution is -0.216. The molecule has 0 radical (unpaired) electrons. The molecule has 1 saturated heterocycles. The third-order valence-electron chi connectivity index (χ3n) is 7.34. The van der Waals surface area contributed by atoms with E-state index in [-0.39, 0.29) is 58.7 Å². The zero-order chi connectivity index (χ0) is 29.6. The van der Waals surface area contributed by atoms with E-state index in [9.17, 15) is 33.9 Å². The van der Waals surface area contributed by atoms with Crippen LogP contribution < -0.4 is 0 Å². The predicted molar refractivity (Wildman–Crippen MR) is 136 cm³/mol. The number of phenolic OH excluding ortho intramolecular Hbond substituents is 1. The molecule has 41 heavy (non-hydrogen) atoms. The number of carbonyl (C=O) groups excluding carboxylic acids is 6. The Bertz CT molecular complexity index is 1510. The monoisotopic (exact) mass is 565 g/mol. The Morgan fingerprint density at radius 3 is 2.37 bits per heavy atom. The van der Waals surface area contributed by atoms with Gasteiger partial charge in [-0.3, -0.25) is 33.8 Å². The van der Waals surface area contributed by atoms with E-state index >= 15 is 0 Å². The van der Waals surface area contributed by atoms with Crippen molar-refractivity contribution in [2.75, 3.05) is 6.61 Å². The van der Waals surface area contributed by atoms with Gasteiger partial charge in [-0.1, -0.05) is 6.07 Å². The maximum atomic E-state index is 13.8. The van der Waals surface area contributed by atoms with Gasteiger partial charge in [0.2, 0.25) is 11.6 Å². The first kappa shape index (κ1) is 28.1. The van der Waals surface area contributed by atoms with E-state index in [1.165, 1.54) is 32.2 Å². The number of benzene rings is 1. The molecule has 5 rings (SSSR count). The Morgan fingerprint density at radius 1 is 0.951 bits per heavy atom. The standard InChI is InChI=1S/C29H27NO11/c1-12(31)38-11-21-29(40-14(3)33)20(39-13(2)32)9-19(41-21)16-7-8-17-23(26(16)35)28(37)24-22-15(5-4-6-18(22)34)10-30-25(24)27(17)36/h7-8,10,19-21,29,35H,4-6,9,11H2,1-3H3/t19-,20-,21-,29+/m1/s1. The molecule has 1 N–H and O–H groups in total. The van der Waals surface area contributed by atoms with E-state index in [1.807, 2.05) is 0 Å². The van der Waals surface area contributed by atoms with Crippen molar-refractivity contribution in [3.63, 3.8) is 0 Å². The molecule has 1 aliphatic heterocycles. The van der Waals surface area contributed by atoms with Crippen molar-refractivity contribution in [3.05, 3.63) is 57.4 Å². The largest absolute Gasteiger partial charge is 0.507 e. The maximum absolute atomic E-state index is 13.8. The average Bonchev–Trinajstić information content (AvgIpc) is 2.90. The van der Waals surface area contributed by atoms with Crippen LogP contribution in [0.25, 0.3) is 0 Å². The van der Waals surface area contributed by atoms with Crippen molar-refractivity contribution < 1.29 is 52.8 Å². The number of aryl methyl sites for hydroxylation is 1. The number of aromatic hydroxyl groups is 1. The minimum absolute atomic E-state index is 0.0824. The normalized spacial score (nSPS) is 23.1. The number of rotatable bonds is 5. The first-order valence-electron chi connectivity index (χ1n) is 13.1. The Kier molecular flexibility index (Phi) is 7.43. The molecule has 12 heteroatoms. The van der Waals surface area contributed by atoms with Crippen molar-refractivity contribution in [1.82, 2.24) is 4.98 Å². The quantitative estimate of drug-likeness (QED) is 0.354. The number of ketones is 3. The van der Waals surface area contributed by atoms with Gasteiger partial charge in [-0.15, -0.1) is 0 Å². The Labute approximate surface area is 233 Å². The highest BCUT2D eigenvalue weighted by atomic mass is 16.6. The lowest BCUT2D eigenvalue weighted by Crippen LogP contribution is -2.51. The molecule has 0 bridgehead atoms. The van der Waals surface area contributed by atoms with E-state index in [2.05, 4.69) is 4.98 Å². The number of phenols is 1. The number of aromatic nitrogens is 1. The van der Waals surface area contributed by atoms with Crippen molar-refractivity contribution in [2.45, 2.75) is 70.9 Å². The van der Waals surface area contributed by atoms with Gasteiger partial charge >= 0.3 is 17.9 Å². The van der Waals surface area contributed by atoms with Crippen LogP contribution in [0.5, 0.6) is 5.75 Å². The van der Waals surface area contributed by atoms with Gasteiger partial charge in [0.05, 0.1) is 17.2 Å². The molecule has 2 aliphatic carbocycles. The first-order valence-corrected chi connectivity index (χ1v) is 13.1. The van der Waals surface area contributed by atoms with Gasteiger partial charge in [0.15, 0.2) is 11.9 Å². The van der Waals surface area contributed by atoms with Crippen LogP contribution in [-0.2, 0) is 39.8 Å². The van der Waals surface area contributed by atoms with Crippen LogP contribution >= 0.6 is 0 Å². The second-order valence-corrected chi connectivity index (χ2v) is 10.2. The SMILES string of the molecule is CC(=O)OC[C@H]1O[C@@H](c2ccc3c(c2O)C(=O)c2c(ncc4c2C(=O)CCC4)C3=O)C[C@@H](OC(C)=O)[C@@H]1OC(C)=O. The Morgan fingerprint density at radius 2 is 1.68 bits per heavy atom. The van der Waals surface area contributed by atoms with E-state index in [0.29, 0.717) is 18.4 Å². The number of fused-ring (bicyclic) bond motifs is 4. The van der Waals surface area contributed by atoms with E-state index in [0.717, 1.165) is 6.92 Å². The second-order valence-electron chi connectivity index (χ2n) is 10.2. The van der Waals surface area contributed by atoms with Gasteiger partial charge in [0, 0.05) is 56.5 Å². The van der Waals surface area contributed by atoms with Gasteiger partial charge in [-0.05, 0) is 24.5 Å². The molecule has 1 aromatic heterocycles. The number of esters is 3. The number of hydrogen-bond donors (Lipinski definition) is 1. The molecule has 0 amide bonds. The molecule has 0 saturated carbocycles. The Hall–Kier alpha value is -4.45. The fourth-order valence-corrected chi connectivity index (χ4v) is 5.69. The van der Waals surface area contributed by atoms with Crippen LogP contribution in [0.1, 0.15) is 99.6 Å². The molecule has 2 aromatic rings. The highest BCUT2D eigenvalue weighted by molar-refractivity contribution is 6.31. The molecular weight excluding hydrogens is 538 g/mol. The molecule has 214 valence electrons. The zero-order valence-electron chi connectivity index (χ0n) is 22.6. The summed E-state index contributed by atoms with van der Waals surface area (Å²) in [5.41, 5.74) is 0.180. The van der Waals surface area contributed by atoms with Crippen LogP contribution in [0.15, 0.2) is 18.3 Å². The number of nitrogens with zero attached hydrogens (tertiary/aromatic N) is 1. The van der Waals surface area contributed by atoms with Gasteiger partial charge in [-0.25, -0.2) is 0 Å². The molecule has 2 heterocycles. The number of carbonyl (C=O) groups is 6. The average molecular weight is 566 g/mol. The lowest BCUT2D eigenvalue weighted by Gasteiger charge is -2.40. The number of Topliss-reactive ketones (excluding diaryl/α,β-unsaturated/α-hetero) is 1. The minimum Gasteiger partial charge on any atom is -0.507 e. The summed E-state index contributed by atoms with van der Waals surface area (Å²) >= 11 is 0. The molecule has 1 fully saturated rings. The lowest BCUT2D eigenvalue weighted by atomic mass is 9.78. The maximum Gasteiger partial charge on any atom is 0.303 e. The van der Waals surface area contributed by atoms with Crippen molar-refractivity contribution >= 4 is 35.3 Å². The second kappa shape index (κ2) is 10.8. The third-order valence-corrected chi connectivity index (χ3v) is 7.34. The highest BCUT2D eigenvalue weighted by Crippen LogP contribution is 2.43. The van der Waals surface area contributed by atoms with E-state index in [4.69, 9.17) is 18.9 Å². The summed E-state index contributed by atoms with van der Waals surface area (Å²) in [6.45, 7) is 3.15. The first-order chi connectivity index (χ1) is 19.5. The van der Waals surface area contributed by atoms with Gasteiger partial charge in [0.25, 0.3) is 0 Å². The third kappa shape index (κ3) is 5.10. The molecular formula is C29H27NO11. The van der Waals surface area contributed by atoms with Crippen molar-refractivity contribution in [3.8, 4) is 5.75 Å². The summed E-state index contributed by atoms with van der Waals surface area (Å²) in [6, 6.07) is 2.76. The van der Waals surface area contributed by atoms with E-state index in [1.54, 1.807) is 0 Å². The summed E-state index contributed by atoms with van der Waals surface area (Å²) in [5, 5.41) is 11.4. The minimum atomic E-state index is -1.13. The van der Waals surface area contributed by atoms with Gasteiger partial charge < -0.3 is 24.1 Å². The topological polar surface area (TPSA) is 172 Å². The van der Waals surface area contributed by atoms with Gasteiger partial charge in [-0.2, -0.15) is 0 Å². The highest BCUT2D eigenvalue weighted by Gasteiger charge is 2.46. The predicted octanol–water partition coefficient (Wildman–Crippen LogP) is 2.34. The molecule has 3 aliphatic rings. The van der Waals surface area contributed by atoms with Crippen LogP contribution in [0, 0.1) is 0 Å². The smallest absolute Gasteiger partial charge is 0.303 e. The van der Waals surface area contributed by atoms with Crippen molar-refractivity contribution in [2.24, 2.45) is 0 Å². The zero-order valence-corrected chi connectivity index (χ0v) is 22.6. The summed E-state index contributed by atoms with van der Waals surface area (Å²) in [5.74, 6) is -4.13. The van der Waals surface area contributed by atoms with Crippen LogP contribution in [0.4, 0.5) is 0 Å². The molecule has 12 nitrogen and oxygen atoms in total. The summed E-state index contributed by atoms with van der Waals surface area (Å²) in [4.78, 5) is 79.5. The summed E-state index contributed by atoms with van der Waals surface area (Å²) in [7, 11) is 0. The van der Waals surface area contributed by atoms with Gasteiger partial charge in [0.1, 0.15) is 30.3 Å². The fraction of sp³-hybridized carbons (Fsp3) is 0.414. The number of pyridine rings is 1. The van der Waals surface area contributed by atoms with Crippen LogP contribution in [0.2, 0.25) is 0 Å². The van der Waals surface area contributed by atoms with E-state index < -0.39 is 59.6 Å². The molecule has 4 atom stereocenters. The molecule has 0 spiro atoms. The van der Waals surface area contributed by atoms with Crippen molar-refractivity contribution in [1.29, 1.82) is 0 Å². The molecule has 0 unspecified atom stereocenters. The molecule has 1 aromatic carbocycles. The number of ether oxygens (including phenoxy) is 4. The van der Waals surface area contributed by atoms with Crippen LogP contribution in [-0.4, -0.2) is 70.3 Å². The number of hydrogen-bond acceptors (Lipinski definition) is 12. The Balaban J connectivity index is 1.57. The summed E-state index contributed by atoms with van der Waals surface area (Å²) in [6.07, 6.45) is -1.63.